The van der Waals surface area contributed by atoms with Crippen molar-refractivity contribution in [1.29, 1.82) is 0 Å². The van der Waals surface area contributed by atoms with Crippen molar-refractivity contribution in [2.24, 2.45) is 5.73 Å². The second-order valence-corrected chi connectivity index (χ2v) is 4.42. The Hall–Kier alpha value is -2.27. The molecule has 1 unspecified atom stereocenters. The van der Waals surface area contributed by atoms with E-state index in [1.54, 1.807) is 6.07 Å². The lowest BCUT2D eigenvalue weighted by atomic mass is 10.0. The Labute approximate surface area is 111 Å². The highest BCUT2D eigenvalue weighted by atomic mass is 16.4. The third-order valence-corrected chi connectivity index (χ3v) is 3.02. The number of benzene rings is 1. The van der Waals surface area contributed by atoms with Gasteiger partial charge in [-0.05, 0) is 37.1 Å². The van der Waals surface area contributed by atoms with Gasteiger partial charge in [-0.25, -0.2) is 9.97 Å². The van der Waals surface area contributed by atoms with Crippen molar-refractivity contribution < 1.29 is 9.90 Å². The summed E-state index contributed by atoms with van der Waals surface area (Å²) in [4.78, 5) is 19.0. The Kier molecular flexibility index (Phi) is 3.57. The first-order valence-electron chi connectivity index (χ1n) is 5.88. The fraction of sp³-hybridized carbons (Fsp3) is 0.214. The molecule has 5 nitrogen and oxygen atoms in total. The van der Waals surface area contributed by atoms with Crippen LogP contribution < -0.4 is 5.73 Å². The van der Waals surface area contributed by atoms with E-state index >= 15 is 0 Å². The Morgan fingerprint density at radius 2 is 2.00 bits per heavy atom. The normalized spacial score (nSPS) is 12.2. The summed E-state index contributed by atoms with van der Waals surface area (Å²) in [6, 6.07) is 6.49. The Morgan fingerprint density at radius 3 is 2.63 bits per heavy atom. The van der Waals surface area contributed by atoms with Gasteiger partial charge >= 0.3 is 5.97 Å². The van der Waals surface area contributed by atoms with Crippen molar-refractivity contribution in [3.63, 3.8) is 0 Å². The lowest BCUT2D eigenvalue weighted by molar-refractivity contribution is -0.138. The summed E-state index contributed by atoms with van der Waals surface area (Å²) in [6.07, 6.45) is 1.52. The van der Waals surface area contributed by atoms with E-state index < -0.39 is 12.0 Å². The molecule has 2 aromatic rings. The van der Waals surface area contributed by atoms with E-state index in [2.05, 4.69) is 9.97 Å². The predicted molar refractivity (Wildman–Crippen MR) is 71.5 cm³/mol. The van der Waals surface area contributed by atoms with Gasteiger partial charge < -0.3 is 10.8 Å². The first kappa shape index (κ1) is 13.2. The van der Waals surface area contributed by atoms with Crippen LogP contribution in [0.2, 0.25) is 0 Å². The standard InChI is InChI=1S/C14H15N3O2/c1-8-3-4-10(7-9(8)2)11-5-6-16-13(17-11)12(15)14(18)19/h3-7,12H,15H2,1-2H3,(H,18,19). The van der Waals surface area contributed by atoms with Crippen LogP contribution >= 0.6 is 0 Å². The number of aryl methyl sites for hydroxylation is 2. The van der Waals surface area contributed by atoms with E-state index in [1.165, 1.54) is 11.8 Å². The van der Waals surface area contributed by atoms with Crippen molar-refractivity contribution in [2.75, 3.05) is 0 Å². The number of hydrogen-bond acceptors (Lipinski definition) is 4. The van der Waals surface area contributed by atoms with Gasteiger partial charge in [0, 0.05) is 11.8 Å². The maximum Gasteiger partial charge on any atom is 0.328 e. The van der Waals surface area contributed by atoms with Crippen LogP contribution in [0.3, 0.4) is 0 Å². The lowest BCUT2D eigenvalue weighted by Crippen LogP contribution is -2.23. The number of carboxylic acid groups (broad SMARTS) is 1. The highest BCUT2D eigenvalue weighted by Gasteiger charge is 2.17. The Bertz CT molecular complexity index is 626. The van der Waals surface area contributed by atoms with Crippen molar-refractivity contribution in [3.05, 3.63) is 47.4 Å². The monoisotopic (exact) mass is 257 g/mol. The molecule has 0 amide bonds. The number of rotatable bonds is 3. The average Bonchev–Trinajstić information content (AvgIpc) is 2.41. The van der Waals surface area contributed by atoms with Gasteiger partial charge in [0.1, 0.15) is 0 Å². The molecule has 0 bridgehead atoms. The molecule has 0 radical (unpaired) electrons. The van der Waals surface area contributed by atoms with Gasteiger partial charge in [0.2, 0.25) is 0 Å². The fourth-order valence-electron chi connectivity index (χ4n) is 1.70. The number of nitrogens with zero attached hydrogens (tertiary/aromatic N) is 2. The molecule has 0 saturated heterocycles. The smallest absolute Gasteiger partial charge is 0.328 e. The van der Waals surface area contributed by atoms with Gasteiger partial charge in [0.05, 0.1) is 5.69 Å². The SMILES string of the molecule is Cc1ccc(-c2ccnc(C(N)C(=O)O)n2)cc1C. The molecule has 1 atom stereocenters. The third kappa shape index (κ3) is 2.77. The quantitative estimate of drug-likeness (QED) is 0.875. The van der Waals surface area contributed by atoms with Crippen LogP contribution in [0, 0.1) is 13.8 Å². The molecular weight excluding hydrogens is 242 g/mol. The van der Waals surface area contributed by atoms with E-state index in [0.29, 0.717) is 5.69 Å². The van der Waals surface area contributed by atoms with Crippen molar-refractivity contribution in [1.82, 2.24) is 9.97 Å². The Morgan fingerprint density at radius 1 is 1.26 bits per heavy atom. The number of aliphatic carboxylic acids is 1. The summed E-state index contributed by atoms with van der Waals surface area (Å²) >= 11 is 0. The van der Waals surface area contributed by atoms with Crippen molar-refractivity contribution in [2.45, 2.75) is 19.9 Å². The zero-order valence-electron chi connectivity index (χ0n) is 10.8. The third-order valence-electron chi connectivity index (χ3n) is 3.02. The fourth-order valence-corrected chi connectivity index (χ4v) is 1.70. The van der Waals surface area contributed by atoms with Crippen LogP contribution in [-0.4, -0.2) is 21.0 Å². The molecule has 5 heteroatoms. The summed E-state index contributed by atoms with van der Waals surface area (Å²) in [5.41, 5.74) is 9.45. The molecule has 3 N–H and O–H groups in total. The molecule has 98 valence electrons. The molecule has 1 heterocycles. The first-order chi connectivity index (χ1) is 8.99. The van der Waals surface area contributed by atoms with Crippen LogP contribution in [0.4, 0.5) is 0 Å². The number of carboxylic acids is 1. The topological polar surface area (TPSA) is 89.1 Å². The molecular formula is C14H15N3O2. The second kappa shape index (κ2) is 5.16. The second-order valence-electron chi connectivity index (χ2n) is 4.42. The molecule has 0 fully saturated rings. The molecule has 0 aliphatic heterocycles. The largest absolute Gasteiger partial charge is 0.480 e. The summed E-state index contributed by atoms with van der Waals surface area (Å²) < 4.78 is 0. The van der Waals surface area contributed by atoms with Gasteiger partial charge in [-0.2, -0.15) is 0 Å². The van der Waals surface area contributed by atoms with Gasteiger partial charge in [-0.1, -0.05) is 12.1 Å². The average molecular weight is 257 g/mol. The van der Waals surface area contributed by atoms with E-state index in [9.17, 15) is 4.79 Å². The minimum absolute atomic E-state index is 0.114. The lowest BCUT2D eigenvalue weighted by Gasteiger charge is -2.08. The minimum Gasteiger partial charge on any atom is -0.480 e. The molecule has 0 spiro atoms. The van der Waals surface area contributed by atoms with Crippen molar-refractivity contribution in [3.8, 4) is 11.3 Å². The Balaban J connectivity index is 2.43. The van der Waals surface area contributed by atoms with Gasteiger partial charge in [-0.3, -0.25) is 4.79 Å². The molecule has 2 rings (SSSR count). The first-order valence-corrected chi connectivity index (χ1v) is 5.88. The summed E-state index contributed by atoms with van der Waals surface area (Å²) in [6.45, 7) is 4.05. The zero-order valence-corrected chi connectivity index (χ0v) is 10.8. The maximum atomic E-state index is 10.8. The van der Waals surface area contributed by atoms with Crippen LogP contribution in [0.1, 0.15) is 23.0 Å². The molecule has 0 aliphatic rings. The number of hydrogen-bond donors (Lipinski definition) is 2. The molecule has 19 heavy (non-hydrogen) atoms. The minimum atomic E-state index is -1.20. The van der Waals surface area contributed by atoms with E-state index in [-0.39, 0.29) is 5.82 Å². The van der Waals surface area contributed by atoms with Gasteiger partial charge in [0.25, 0.3) is 0 Å². The summed E-state index contributed by atoms with van der Waals surface area (Å²) in [7, 11) is 0. The van der Waals surface area contributed by atoms with Crippen LogP contribution in [0.5, 0.6) is 0 Å². The highest BCUT2D eigenvalue weighted by molar-refractivity contribution is 5.74. The van der Waals surface area contributed by atoms with E-state index in [4.69, 9.17) is 10.8 Å². The number of carbonyl (C=O) groups is 1. The zero-order chi connectivity index (χ0) is 14.0. The highest BCUT2D eigenvalue weighted by Crippen LogP contribution is 2.20. The molecule has 1 aromatic carbocycles. The van der Waals surface area contributed by atoms with Crippen LogP contribution in [-0.2, 0) is 4.79 Å². The summed E-state index contributed by atoms with van der Waals surface area (Å²) in [5, 5.41) is 8.87. The number of nitrogens with two attached hydrogens (primary N) is 1. The molecule has 0 saturated carbocycles. The van der Waals surface area contributed by atoms with Crippen LogP contribution in [0.15, 0.2) is 30.5 Å². The number of aromatic nitrogens is 2. The van der Waals surface area contributed by atoms with Crippen molar-refractivity contribution >= 4 is 5.97 Å². The van der Waals surface area contributed by atoms with Crippen LogP contribution in [0.25, 0.3) is 11.3 Å². The van der Waals surface area contributed by atoms with E-state index in [0.717, 1.165) is 11.1 Å². The molecule has 1 aromatic heterocycles. The van der Waals surface area contributed by atoms with Gasteiger partial charge in [-0.15, -0.1) is 0 Å². The maximum absolute atomic E-state index is 10.8. The van der Waals surface area contributed by atoms with E-state index in [1.807, 2.05) is 32.0 Å². The van der Waals surface area contributed by atoms with Gasteiger partial charge in [0.15, 0.2) is 11.9 Å². The summed E-state index contributed by atoms with van der Waals surface area (Å²) in [5.74, 6) is -1.03. The molecule has 0 aliphatic carbocycles. The predicted octanol–water partition coefficient (Wildman–Crippen LogP) is 1.84.